The molecule has 4 heteroatoms. The third-order valence-electron chi connectivity index (χ3n) is 1.70. The highest BCUT2D eigenvalue weighted by Gasteiger charge is 2.11. The second-order valence-corrected chi connectivity index (χ2v) is 3.57. The number of pyridine rings is 1. The van der Waals surface area contributed by atoms with E-state index < -0.39 is 0 Å². The molecule has 0 saturated heterocycles. The fraction of sp³-hybridized carbons (Fsp3) is 0.286. The maximum absolute atomic E-state index is 10.9. The van der Waals surface area contributed by atoms with Crippen molar-refractivity contribution in [1.82, 2.24) is 4.57 Å². The van der Waals surface area contributed by atoms with Gasteiger partial charge in [-0.05, 0) is 0 Å². The average molecular weight is 168 g/mol. The zero-order chi connectivity index (χ0) is 7.84. The molecule has 1 aromatic heterocycles. The van der Waals surface area contributed by atoms with Gasteiger partial charge in [-0.2, -0.15) is 0 Å². The topological polar surface area (TPSA) is 48.0 Å². The fourth-order valence-electron chi connectivity index (χ4n) is 1.19. The van der Waals surface area contributed by atoms with Crippen LogP contribution in [0.5, 0.6) is 0 Å². The van der Waals surface area contributed by atoms with Crippen molar-refractivity contribution in [2.75, 3.05) is 11.5 Å². The summed E-state index contributed by atoms with van der Waals surface area (Å²) in [5, 5.41) is 0.995. The van der Waals surface area contributed by atoms with E-state index in [-0.39, 0.29) is 5.43 Å². The molecule has 0 amide bonds. The van der Waals surface area contributed by atoms with Crippen molar-refractivity contribution >= 4 is 17.6 Å². The van der Waals surface area contributed by atoms with Gasteiger partial charge in [-0.3, -0.25) is 4.79 Å². The van der Waals surface area contributed by atoms with E-state index in [0.29, 0.717) is 5.82 Å². The van der Waals surface area contributed by atoms with Gasteiger partial charge < -0.3 is 10.3 Å². The summed E-state index contributed by atoms with van der Waals surface area (Å²) < 4.78 is 1.96. The molecular formula is C7H8N2OS. The highest BCUT2D eigenvalue weighted by atomic mass is 32.2. The van der Waals surface area contributed by atoms with Crippen molar-refractivity contribution in [2.45, 2.75) is 11.6 Å². The number of nitrogens with zero attached hydrogens (tertiary/aromatic N) is 1. The Balaban J connectivity index is 2.70. The van der Waals surface area contributed by atoms with Crippen LogP contribution in [0, 0.1) is 0 Å². The molecule has 1 aliphatic rings. The van der Waals surface area contributed by atoms with E-state index in [4.69, 9.17) is 5.73 Å². The molecule has 3 nitrogen and oxygen atoms in total. The van der Waals surface area contributed by atoms with E-state index in [1.807, 2.05) is 4.57 Å². The van der Waals surface area contributed by atoms with E-state index in [2.05, 4.69) is 0 Å². The lowest BCUT2D eigenvalue weighted by Gasteiger charge is -2.04. The summed E-state index contributed by atoms with van der Waals surface area (Å²) in [5.74, 6) is 1.60. The quantitative estimate of drug-likeness (QED) is 0.615. The van der Waals surface area contributed by atoms with Crippen LogP contribution >= 0.6 is 11.8 Å². The minimum atomic E-state index is 0.00292. The molecule has 2 heterocycles. The number of nitrogen functional groups attached to an aromatic ring is 1. The highest BCUT2D eigenvalue weighted by molar-refractivity contribution is 7.99. The van der Waals surface area contributed by atoms with Crippen LogP contribution in [-0.2, 0) is 6.54 Å². The third-order valence-corrected chi connectivity index (χ3v) is 2.72. The van der Waals surface area contributed by atoms with Crippen molar-refractivity contribution in [1.29, 1.82) is 0 Å². The van der Waals surface area contributed by atoms with Gasteiger partial charge in [0.25, 0.3) is 0 Å². The predicted octanol–water partition coefficient (Wildman–Crippen LogP) is 0.536. The van der Waals surface area contributed by atoms with Crippen LogP contribution in [0.15, 0.2) is 22.0 Å². The summed E-state index contributed by atoms with van der Waals surface area (Å²) in [6.07, 6.45) is 0. The van der Waals surface area contributed by atoms with Crippen LogP contribution in [0.3, 0.4) is 0 Å². The number of rotatable bonds is 0. The Morgan fingerprint density at radius 3 is 3.18 bits per heavy atom. The summed E-state index contributed by atoms with van der Waals surface area (Å²) in [4.78, 5) is 10.9. The van der Waals surface area contributed by atoms with E-state index in [1.54, 1.807) is 17.8 Å². The minimum Gasteiger partial charge on any atom is -0.385 e. The first kappa shape index (κ1) is 6.79. The molecule has 2 rings (SSSR count). The Hall–Kier alpha value is -0.900. The van der Waals surface area contributed by atoms with Crippen molar-refractivity contribution in [2.24, 2.45) is 0 Å². The molecule has 0 aromatic carbocycles. The van der Waals surface area contributed by atoms with Crippen molar-refractivity contribution in [3.63, 3.8) is 0 Å². The van der Waals surface area contributed by atoms with Crippen LogP contribution in [-0.4, -0.2) is 10.3 Å². The Bertz CT molecular complexity index is 345. The van der Waals surface area contributed by atoms with Gasteiger partial charge in [0.15, 0.2) is 5.43 Å². The number of hydrogen-bond acceptors (Lipinski definition) is 3. The van der Waals surface area contributed by atoms with Crippen molar-refractivity contribution in [3.8, 4) is 0 Å². The van der Waals surface area contributed by atoms with Gasteiger partial charge in [-0.15, -0.1) is 11.8 Å². The largest absolute Gasteiger partial charge is 0.385 e. The molecule has 0 atom stereocenters. The second kappa shape index (κ2) is 2.30. The molecule has 0 bridgehead atoms. The minimum absolute atomic E-state index is 0.00292. The van der Waals surface area contributed by atoms with Crippen LogP contribution < -0.4 is 11.2 Å². The van der Waals surface area contributed by atoms with E-state index in [9.17, 15) is 4.79 Å². The molecule has 58 valence electrons. The van der Waals surface area contributed by atoms with Gasteiger partial charge in [-0.1, -0.05) is 0 Å². The summed E-state index contributed by atoms with van der Waals surface area (Å²) in [6.45, 7) is 0.923. The monoisotopic (exact) mass is 168 g/mol. The third kappa shape index (κ3) is 1.03. The molecule has 2 N–H and O–H groups in total. The fourth-order valence-corrected chi connectivity index (χ4v) is 2.23. The number of aromatic nitrogens is 1. The zero-order valence-corrected chi connectivity index (χ0v) is 6.73. The molecule has 0 spiro atoms. The van der Waals surface area contributed by atoms with Crippen LogP contribution in [0.4, 0.5) is 5.82 Å². The second-order valence-electron chi connectivity index (χ2n) is 2.45. The van der Waals surface area contributed by atoms with Gasteiger partial charge in [0.05, 0.1) is 5.03 Å². The highest BCUT2D eigenvalue weighted by Crippen LogP contribution is 2.25. The van der Waals surface area contributed by atoms with E-state index >= 15 is 0 Å². The maximum atomic E-state index is 10.9. The number of fused-ring (bicyclic) bond motifs is 1. The normalized spacial score (nSPS) is 14.9. The van der Waals surface area contributed by atoms with Gasteiger partial charge in [-0.25, -0.2) is 0 Å². The molecule has 0 saturated carbocycles. The maximum Gasteiger partial charge on any atom is 0.184 e. The van der Waals surface area contributed by atoms with Crippen LogP contribution in [0.2, 0.25) is 0 Å². The van der Waals surface area contributed by atoms with Gasteiger partial charge >= 0.3 is 0 Å². The lowest BCUT2D eigenvalue weighted by Crippen LogP contribution is -2.10. The molecule has 0 aliphatic carbocycles. The molecule has 1 aliphatic heterocycles. The first-order chi connectivity index (χ1) is 5.27. The van der Waals surface area contributed by atoms with Crippen molar-refractivity contribution < 1.29 is 0 Å². The van der Waals surface area contributed by atoms with Crippen molar-refractivity contribution in [3.05, 3.63) is 22.4 Å². The van der Waals surface area contributed by atoms with Gasteiger partial charge in [0, 0.05) is 24.4 Å². The Morgan fingerprint density at radius 1 is 1.55 bits per heavy atom. The molecular weight excluding hydrogens is 160 g/mol. The van der Waals surface area contributed by atoms with E-state index in [1.165, 1.54) is 6.07 Å². The first-order valence-corrected chi connectivity index (χ1v) is 4.39. The number of anilines is 1. The standard InChI is InChI=1S/C7H8N2OS/c8-6-3-5(10)4-7-9(6)1-2-11-7/h3-4H,1-2,8H2. The smallest absolute Gasteiger partial charge is 0.184 e. The summed E-state index contributed by atoms with van der Waals surface area (Å²) in [6, 6.07) is 3.10. The molecule has 0 radical (unpaired) electrons. The zero-order valence-electron chi connectivity index (χ0n) is 5.91. The Labute approximate surface area is 68.2 Å². The number of nitrogens with two attached hydrogens (primary N) is 1. The van der Waals surface area contributed by atoms with Crippen LogP contribution in [0.1, 0.15) is 0 Å². The Kier molecular flexibility index (Phi) is 1.42. The summed E-state index contributed by atoms with van der Waals surface area (Å²) in [5.41, 5.74) is 5.63. The van der Waals surface area contributed by atoms with Gasteiger partial charge in [0.1, 0.15) is 5.82 Å². The SMILES string of the molecule is Nc1cc(=O)cc2n1CCS2. The number of thioether (sulfide) groups is 1. The van der Waals surface area contributed by atoms with Gasteiger partial charge in [0.2, 0.25) is 0 Å². The average Bonchev–Trinajstić information content (AvgIpc) is 2.34. The van der Waals surface area contributed by atoms with E-state index in [0.717, 1.165) is 17.3 Å². The lowest BCUT2D eigenvalue weighted by atomic mass is 10.4. The lowest BCUT2D eigenvalue weighted by molar-refractivity contribution is 0.732. The van der Waals surface area contributed by atoms with Crippen LogP contribution in [0.25, 0.3) is 0 Å². The number of hydrogen-bond donors (Lipinski definition) is 1. The predicted molar refractivity (Wildman–Crippen MR) is 45.8 cm³/mol. The molecule has 0 fully saturated rings. The Morgan fingerprint density at radius 2 is 2.36 bits per heavy atom. The molecule has 0 unspecified atom stereocenters. The molecule has 1 aromatic rings. The first-order valence-electron chi connectivity index (χ1n) is 3.40. The molecule has 11 heavy (non-hydrogen) atoms. The summed E-state index contributed by atoms with van der Waals surface area (Å²) >= 11 is 1.68. The summed E-state index contributed by atoms with van der Waals surface area (Å²) in [7, 11) is 0.